The molecule has 2 atom stereocenters. The molecule has 1 aromatic heterocycles. The van der Waals surface area contributed by atoms with Crippen molar-refractivity contribution in [2.45, 2.75) is 25.6 Å². The molecule has 1 aromatic rings. The lowest BCUT2D eigenvalue weighted by Crippen LogP contribution is -2.24. The number of aromatic nitrogens is 2. The maximum Gasteiger partial charge on any atom is 0.308 e. The van der Waals surface area contributed by atoms with Gasteiger partial charge >= 0.3 is 5.97 Å². The van der Waals surface area contributed by atoms with Crippen molar-refractivity contribution in [3.63, 3.8) is 0 Å². The standard InChI is InChI=1S/C10H14N2O4/c1-2-16-8(14)6-7(13)9(15)10-11-4-3-5-12-10/h3-5,7,9,13,15H,2,6H2,1H3. The summed E-state index contributed by atoms with van der Waals surface area (Å²) in [5.74, 6) is -0.482. The first-order valence-electron chi connectivity index (χ1n) is 4.93. The first kappa shape index (κ1) is 12.5. The van der Waals surface area contributed by atoms with Gasteiger partial charge in [-0.3, -0.25) is 4.79 Å². The van der Waals surface area contributed by atoms with Gasteiger partial charge in [-0.1, -0.05) is 0 Å². The van der Waals surface area contributed by atoms with E-state index in [-0.39, 0.29) is 18.9 Å². The summed E-state index contributed by atoms with van der Waals surface area (Å²) in [7, 11) is 0. The van der Waals surface area contributed by atoms with Crippen LogP contribution in [0.5, 0.6) is 0 Å². The van der Waals surface area contributed by atoms with E-state index in [1.165, 1.54) is 12.4 Å². The van der Waals surface area contributed by atoms with Gasteiger partial charge < -0.3 is 14.9 Å². The van der Waals surface area contributed by atoms with Crippen LogP contribution in [0.3, 0.4) is 0 Å². The monoisotopic (exact) mass is 226 g/mol. The highest BCUT2D eigenvalue weighted by Crippen LogP contribution is 2.14. The third-order valence-corrected chi connectivity index (χ3v) is 1.90. The Kier molecular flexibility index (Phi) is 4.81. The van der Waals surface area contributed by atoms with Crippen LogP contribution >= 0.6 is 0 Å². The topological polar surface area (TPSA) is 92.5 Å². The van der Waals surface area contributed by atoms with Crippen molar-refractivity contribution in [1.29, 1.82) is 0 Å². The van der Waals surface area contributed by atoms with Gasteiger partial charge in [-0.2, -0.15) is 0 Å². The fraction of sp³-hybridized carbons (Fsp3) is 0.500. The van der Waals surface area contributed by atoms with Crippen LogP contribution in [0.15, 0.2) is 18.5 Å². The van der Waals surface area contributed by atoms with Crippen LogP contribution in [0, 0.1) is 0 Å². The maximum atomic E-state index is 11.1. The van der Waals surface area contributed by atoms with Gasteiger partial charge in [0.05, 0.1) is 19.1 Å². The third-order valence-electron chi connectivity index (χ3n) is 1.90. The molecule has 0 saturated heterocycles. The lowest BCUT2D eigenvalue weighted by molar-refractivity contribution is -0.147. The molecule has 0 aliphatic heterocycles. The summed E-state index contributed by atoms with van der Waals surface area (Å²) in [4.78, 5) is 18.6. The second-order valence-electron chi connectivity index (χ2n) is 3.13. The van der Waals surface area contributed by atoms with Crippen LogP contribution in [-0.4, -0.2) is 38.9 Å². The zero-order valence-corrected chi connectivity index (χ0v) is 8.91. The molecule has 16 heavy (non-hydrogen) atoms. The summed E-state index contributed by atoms with van der Waals surface area (Å²) in [6.45, 7) is 1.91. The molecule has 0 fully saturated rings. The van der Waals surface area contributed by atoms with Gasteiger partial charge in [0.15, 0.2) is 5.82 Å². The summed E-state index contributed by atoms with van der Waals surface area (Å²) in [5, 5.41) is 19.2. The molecule has 0 aliphatic rings. The molecule has 0 spiro atoms. The Hall–Kier alpha value is -1.53. The molecule has 0 saturated carbocycles. The molecular weight excluding hydrogens is 212 g/mol. The molecule has 1 heterocycles. The Morgan fingerprint density at radius 2 is 2.06 bits per heavy atom. The second-order valence-corrected chi connectivity index (χ2v) is 3.13. The average Bonchev–Trinajstić information content (AvgIpc) is 2.29. The van der Waals surface area contributed by atoms with E-state index < -0.39 is 18.2 Å². The zero-order chi connectivity index (χ0) is 12.0. The highest BCUT2D eigenvalue weighted by Gasteiger charge is 2.23. The van der Waals surface area contributed by atoms with Gasteiger partial charge in [-0.15, -0.1) is 0 Å². The molecular formula is C10H14N2O4. The highest BCUT2D eigenvalue weighted by molar-refractivity contribution is 5.70. The van der Waals surface area contributed by atoms with E-state index in [0.29, 0.717) is 0 Å². The van der Waals surface area contributed by atoms with Gasteiger partial charge in [-0.25, -0.2) is 9.97 Å². The third kappa shape index (κ3) is 3.56. The summed E-state index contributed by atoms with van der Waals surface area (Å²) >= 11 is 0. The van der Waals surface area contributed by atoms with E-state index in [0.717, 1.165) is 0 Å². The Labute approximate surface area is 92.9 Å². The highest BCUT2D eigenvalue weighted by atomic mass is 16.5. The molecule has 0 amide bonds. The molecule has 88 valence electrons. The molecule has 0 aliphatic carbocycles. The van der Waals surface area contributed by atoms with Crippen molar-refractivity contribution < 1.29 is 19.7 Å². The molecule has 6 heteroatoms. The molecule has 0 radical (unpaired) electrons. The summed E-state index contributed by atoms with van der Waals surface area (Å²) in [6, 6.07) is 1.59. The van der Waals surface area contributed by atoms with Gasteiger partial charge in [0.1, 0.15) is 6.10 Å². The molecule has 2 N–H and O–H groups in total. The first-order valence-corrected chi connectivity index (χ1v) is 4.93. The van der Waals surface area contributed by atoms with Gasteiger partial charge in [-0.05, 0) is 13.0 Å². The van der Waals surface area contributed by atoms with Crippen molar-refractivity contribution in [2.24, 2.45) is 0 Å². The Balaban J connectivity index is 2.54. The normalized spacial score (nSPS) is 14.2. The molecule has 0 aromatic carbocycles. The SMILES string of the molecule is CCOC(=O)CC(O)C(O)c1ncccn1. The Bertz CT molecular complexity index is 331. The Morgan fingerprint density at radius 1 is 1.44 bits per heavy atom. The van der Waals surface area contributed by atoms with Crippen LogP contribution in [0.4, 0.5) is 0 Å². The predicted octanol–water partition coefficient (Wildman–Crippen LogP) is -0.176. The minimum absolute atomic E-state index is 0.0827. The van der Waals surface area contributed by atoms with Crippen LogP contribution in [0.2, 0.25) is 0 Å². The smallest absolute Gasteiger partial charge is 0.308 e. The van der Waals surface area contributed by atoms with Gasteiger partial charge in [0, 0.05) is 12.4 Å². The Morgan fingerprint density at radius 3 is 2.62 bits per heavy atom. The number of aliphatic hydroxyl groups is 2. The first-order chi connectivity index (χ1) is 7.65. The van der Waals surface area contributed by atoms with Crippen molar-refractivity contribution >= 4 is 5.97 Å². The van der Waals surface area contributed by atoms with Gasteiger partial charge in [0.2, 0.25) is 0 Å². The van der Waals surface area contributed by atoms with E-state index >= 15 is 0 Å². The number of aliphatic hydroxyl groups excluding tert-OH is 2. The number of carbonyl (C=O) groups excluding carboxylic acids is 1. The van der Waals surface area contributed by atoms with E-state index in [1.807, 2.05) is 0 Å². The summed E-state index contributed by atoms with van der Waals surface area (Å²) in [5.41, 5.74) is 0. The largest absolute Gasteiger partial charge is 0.466 e. The van der Waals surface area contributed by atoms with Crippen molar-refractivity contribution in [2.75, 3.05) is 6.61 Å². The lowest BCUT2D eigenvalue weighted by Gasteiger charge is -2.15. The van der Waals surface area contributed by atoms with Crippen molar-refractivity contribution in [1.82, 2.24) is 9.97 Å². The van der Waals surface area contributed by atoms with E-state index in [1.54, 1.807) is 13.0 Å². The number of esters is 1. The van der Waals surface area contributed by atoms with E-state index in [2.05, 4.69) is 14.7 Å². The van der Waals surface area contributed by atoms with Crippen molar-refractivity contribution in [3.05, 3.63) is 24.3 Å². The summed E-state index contributed by atoms with van der Waals surface area (Å²) < 4.78 is 4.65. The van der Waals surface area contributed by atoms with Crippen molar-refractivity contribution in [3.8, 4) is 0 Å². The van der Waals surface area contributed by atoms with E-state index in [9.17, 15) is 15.0 Å². The fourth-order valence-corrected chi connectivity index (χ4v) is 1.14. The number of nitrogens with zero attached hydrogens (tertiary/aromatic N) is 2. The molecule has 0 bridgehead atoms. The molecule has 1 rings (SSSR count). The fourth-order valence-electron chi connectivity index (χ4n) is 1.14. The predicted molar refractivity (Wildman–Crippen MR) is 54.2 cm³/mol. The van der Waals surface area contributed by atoms with Crippen LogP contribution < -0.4 is 0 Å². The van der Waals surface area contributed by atoms with Crippen LogP contribution in [-0.2, 0) is 9.53 Å². The van der Waals surface area contributed by atoms with Gasteiger partial charge in [0.25, 0.3) is 0 Å². The quantitative estimate of drug-likeness (QED) is 0.677. The average molecular weight is 226 g/mol. The number of hydrogen-bond acceptors (Lipinski definition) is 6. The number of rotatable bonds is 5. The molecule has 6 nitrogen and oxygen atoms in total. The number of ether oxygens (including phenoxy) is 1. The van der Waals surface area contributed by atoms with E-state index in [4.69, 9.17) is 0 Å². The zero-order valence-electron chi connectivity index (χ0n) is 8.91. The number of hydrogen-bond donors (Lipinski definition) is 2. The molecule has 2 unspecified atom stereocenters. The number of carbonyl (C=O) groups is 1. The minimum Gasteiger partial charge on any atom is -0.466 e. The lowest BCUT2D eigenvalue weighted by atomic mass is 10.1. The summed E-state index contributed by atoms with van der Waals surface area (Å²) in [6.07, 6.45) is 0.0606. The van der Waals surface area contributed by atoms with Crippen LogP contribution in [0.25, 0.3) is 0 Å². The second kappa shape index (κ2) is 6.14. The van der Waals surface area contributed by atoms with Crippen LogP contribution in [0.1, 0.15) is 25.3 Å². The minimum atomic E-state index is -1.29. The maximum absolute atomic E-state index is 11.1.